The first-order chi connectivity index (χ1) is 15.9. The minimum Gasteiger partial charge on any atom is -0.507 e. The van der Waals surface area contributed by atoms with Gasteiger partial charge >= 0.3 is 0 Å². The lowest BCUT2D eigenvalue weighted by Gasteiger charge is -2.37. The first-order valence-corrected chi connectivity index (χ1v) is 11.4. The smallest absolute Gasteiger partial charge is 0.251 e. The number of carbonyl (C=O) groups excluding carboxylic acids is 1. The van der Waals surface area contributed by atoms with Crippen molar-refractivity contribution < 1.29 is 14.3 Å². The molecule has 0 unspecified atom stereocenters. The Morgan fingerprint density at radius 3 is 2.67 bits per heavy atom. The summed E-state index contributed by atoms with van der Waals surface area (Å²) in [6.07, 6.45) is 3.72. The summed E-state index contributed by atoms with van der Waals surface area (Å²) in [6, 6.07) is 15.3. The van der Waals surface area contributed by atoms with Crippen LogP contribution in [-0.4, -0.2) is 34.0 Å². The molecule has 33 heavy (non-hydrogen) atoms. The van der Waals surface area contributed by atoms with Crippen LogP contribution in [0.25, 0.3) is 0 Å². The zero-order valence-corrected chi connectivity index (χ0v) is 19.1. The fourth-order valence-corrected chi connectivity index (χ4v) is 4.75. The monoisotopic (exact) mass is 447 g/mol. The standard InChI is InChI=1S/C27H30FN3O2/c1-18-13-20(14-19(2)26(18)32)16-31-12-6-8-22(17-31)25(24-10-3-4-11-29-24)30-27(33)21-7-5-9-23(28)15-21/h3-5,7,9-11,13-15,22,25,32H,6,8,12,16-17H2,1-2H3,(H,30,33)/t22-,25-/m1/s1. The first kappa shape index (κ1) is 22.9. The third-order valence-electron chi connectivity index (χ3n) is 6.35. The third kappa shape index (κ3) is 5.57. The fourth-order valence-electron chi connectivity index (χ4n) is 4.75. The molecule has 2 heterocycles. The molecular weight excluding hydrogens is 417 g/mol. The van der Waals surface area contributed by atoms with Crippen LogP contribution in [0.5, 0.6) is 5.75 Å². The summed E-state index contributed by atoms with van der Waals surface area (Å²) in [7, 11) is 0. The number of piperidine rings is 1. The SMILES string of the molecule is Cc1cc(CN2CCC[C@@H]([C@@H](NC(=O)c3cccc(F)c3)c3ccccn3)C2)cc(C)c1O. The predicted octanol–water partition coefficient (Wildman–Crippen LogP) is 4.93. The minimum absolute atomic E-state index is 0.172. The van der Waals surface area contributed by atoms with Crippen molar-refractivity contribution in [2.75, 3.05) is 13.1 Å². The van der Waals surface area contributed by atoms with Gasteiger partial charge in [0, 0.05) is 24.8 Å². The molecule has 0 bridgehead atoms. The first-order valence-electron chi connectivity index (χ1n) is 11.4. The minimum atomic E-state index is -0.430. The maximum absolute atomic E-state index is 13.7. The number of benzene rings is 2. The van der Waals surface area contributed by atoms with Crippen molar-refractivity contribution in [3.05, 3.63) is 94.6 Å². The van der Waals surface area contributed by atoms with Gasteiger partial charge in [-0.1, -0.05) is 24.3 Å². The van der Waals surface area contributed by atoms with Gasteiger partial charge in [0.2, 0.25) is 0 Å². The number of likely N-dealkylation sites (tertiary alicyclic amines) is 1. The molecule has 2 N–H and O–H groups in total. The maximum Gasteiger partial charge on any atom is 0.251 e. The van der Waals surface area contributed by atoms with E-state index in [1.54, 1.807) is 18.3 Å². The summed E-state index contributed by atoms with van der Waals surface area (Å²) in [4.78, 5) is 19.9. The molecule has 0 radical (unpaired) electrons. The molecule has 5 nitrogen and oxygen atoms in total. The van der Waals surface area contributed by atoms with E-state index >= 15 is 0 Å². The van der Waals surface area contributed by atoms with Gasteiger partial charge in [0.1, 0.15) is 11.6 Å². The summed E-state index contributed by atoms with van der Waals surface area (Å²) in [6.45, 7) is 6.41. The number of hydrogen-bond acceptors (Lipinski definition) is 4. The van der Waals surface area contributed by atoms with E-state index in [0.717, 1.165) is 49.3 Å². The Kier molecular flexibility index (Phi) is 7.04. The van der Waals surface area contributed by atoms with Crippen LogP contribution in [0, 0.1) is 25.6 Å². The molecule has 0 aliphatic carbocycles. The van der Waals surface area contributed by atoms with Crippen LogP contribution in [0.2, 0.25) is 0 Å². The van der Waals surface area contributed by atoms with E-state index in [4.69, 9.17) is 0 Å². The van der Waals surface area contributed by atoms with Crippen molar-refractivity contribution in [3.63, 3.8) is 0 Å². The number of carbonyl (C=O) groups is 1. The quantitative estimate of drug-likeness (QED) is 0.563. The van der Waals surface area contributed by atoms with E-state index in [1.807, 2.05) is 44.2 Å². The maximum atomic E-state index is 13.7. The van der Waals surface area contributed by atoms with Crippen LogP contribution in [-0.2, 0) is 6.54 Å². The van der Waals surface area contributed by atoms with Crippen LogP contribution in [0.15, 0.2) is 60.8 Å². The number of aryl methyl sites for hydroxylation is 2. The molecule has 1 saturated heterocycles. The number of rotatable bonds is 6. The Hall–Kier alpha value is -3.25. The molecule has 1 aromatic heterocycles. The topological polar surface area (TPSA) is 65.5 Å². The molecule has 1 aliphatic rings. The second-order valence-electron chi connectivity index (χ2n) is 8.93. The van der Waals surface area contributed by atoms with E-state index in [-0.39, 0.29) is 17.9 Å². The molecule has 0 saturated carbocycles. The van der Waals surface area contributed by atoms with Gasteiger partial charge in [-0.15, -0.1) is 0 Å². The van der Waals surface area contributed by atoms with E-state index in [0.29, 0.717) is 11.3 Å². The van der Waals surface area contributed by atoms with E-state index in [9.17, 15) is 14.3 Å². The molecule has 6 heteroatoms. The van der Waals surface area contributed by atoms with Crippen molar-refractivity contribution >= 4 is 5.91 Å². The summed E-state index contributed by atoms with van der Waals surface area (Å²) in [5, 5.41) is 13.2. The average molecular weight is 448 g/mol. The lowest BCUT2D eigenvalue weighted by molar-refractivity contribution is 0.0874. The van der Waals surface area contributed by atoms with Crippen molar-refractivity contribution in [2.24, 2.45) is 5.92 Å². The Bertz CT molecular complexity index is 1100. The van der Waals surface area contributed by atoms with Gasteiger partial charge in [0.05, 0.1) is 11.7 Å². The number of phenolic OH excluding ortho intramolecular Hbond substituents is 1. The van der Waals surface area contributed by atoms with Gasteiger partial charge in [-0.3, -0.25) is 14.7 Å². The number of aromatic nitrogens is 1. The number of nitrogens with zero attached hydrogens (tertiary/aromatic N) is 2. The average Bonchev–Trinajstić information content (AvgIpc) is 2.81. The molecule has 2 atom stereocenters. The van der Waals surface area contributed by atoms with Crippen molar-refractivity contribution in [2.45, 2.75) is 39.3 Å². The second-order valence-corrected chi connectivity index (χ2v) is 8.93. The summed E-state index contributed by atoms with van der Waals surface area (Å²) >= 11 is 0. The number of hydrogen-bond donors (Lipinski definition) is 2. The number of aromatic hydroxyl groups is 1. The van der Waals surface area contributed by atoms with E-state index < -0.39 is 5.82 Å². The Morgan fingerprint density at radius 1 is 1.18 bits per heavy atom. The van der Waals surface area contributed by atoms with Crippen molar-refractivity contribution in [1.29, 1.82) is 0 Å². The van der Waals surface area contributed by atoms with Crippen LogP contribution in [0.3, 0.4) is 0 Å². The van der Waals surface area contributed by atoms with Crippen molar-refractivity contribution in [1.82, 2.24) is 15.2 Å². The highest BCUT2D eigenvalue weighted by Gasteiger charge is 2.31. The summed E-state index contributed by atoms with van der Waals surface area (Å²) in [5.74, 6) is -0.205. The number of pyridine rings is 1. The molecule has 0 spiro atoms. The largest absolute Gasteiger partial charge is 0.507 e. The summed E-state index contributed by atoms with van der Waals surface area (Å²) < 4.78 is 13.7. The van der Waals surface area contributed by atoms with Crippen molar-refractivity contribution in [3.8, 4) is 5.75 Å². The normalized spacial score (nSPS) is 17.5. The Balaban J connectivity index is 1.53. The van der Waals surface area contributed by atoms with Gasteiger partial charge in [0.15, 0.2) is 0 Å². The predicted molar refractivity (Wildman–Crippen MR) is 126 cm³/mol. The number of phenols is 1. The molecule has 1 aliphatic heterocycles. The van der Waals surface area contributed by atoms with Gasteiger partial charge in [-0.05, 0) is 86.2 Å². The lowest BCUT2D eigenvalue weighted by Crippen LogP contribution is -2.43. The van der Waals surface area contributed by atoms with Crippen LogP contribution in [0.1, 0.15) is 51.6 Å². The second kappa shape index (κ2) is 10.1. The third-order valence-corrected chi connectivity index (χ3v) is 6.35. The van der Waals surface area contributed by atoms with Crippen LogP contribution in [0.4, 0.5) is 4.39 Å². The molecule has 4 rings (SSSR count). The lowest BCUT2D eigenvalue weighted by atomic mass is 9.88. The van der Waals surface area contributed by atoms with Crippen LogP contribution < -0.4 is 5.32 Å². The Labute approximate surface area is 194 Å². The van der Waals surface area contributed by atoms with E-state index in [2.05, 4.69) is 15.2 Å². The molecule has 1 fully saturated rings. The Morgan fingerprint density at radius 2 is 1.97 bits per heavy atom. The molecule has 172 valence electrons. The van der Waals surface area contributed by atoms with Gasteiger partial charge in [0.25, 0.3) is 5.91 Å². The fraction of sp³-hybridized carbons (Fsp3) is 0.333. The molecule has 1 amide bonds. The van der Waals surface area contributed by atoms with Gasteiger partial charge in [-0.2, -0.15) is 0 Å². The highest BCUT2D eigenvalue weighted by Crippen LogP contribution is 2.31. The zero-order chi connectivity index (χ0) is 23.4. The molecule has 3 aromatic rings. The molecular formula is C27H30FN3O2. The number of halogens is 1. The van der Waals surface area contributed by atoms with Gasteiger partial charge in [-0.25, -0.2) is 4.39 Å². The molecule has 2 aromatic carbocycles. The number of amides is 1. The summed E-state index contributed by atoms with van der Waals surface area (Å²) in [5.41, 5.74) is 4.05. The van der Waals surface area contributed by atoms with Crippen LogP contribution >= 0.6 is 0 Å². The number of nitrogens with one attached hydrogen (secondary N) is 1. The highest BCUT2D eigenvalue weighted by molar-refractivity contribution is 5.94. The van der Waals surface area contributed by atoms with Gasteiger partial charge < -0.3 is 10.4 Å². The van der Waals surface area contributed by atoms with E-state index in [1.165, 1.54) is 17.7 Å². The highest BCUT2D eigenvalue weighted by atomic mass is 19.1. The zero-order valence-electron chi connectivity index (χ0n) is 19.1.